The first kappa shape index (κ1) is 31.5. The SMILES string of the molecule is CCCCCCCCNS(=O)(=O)c1ccc(NC(=O)C(C(=O)c2nsc3ccccc23)N2C(=O)OC(C)C2=O)c(Cl)c1. The van der Waals surface area contributed by atoms with Gasteiger partial charge in [-0.25, -0.2) is 22.8 Å². The van der Waals surface area contributed by atoms with Crippen LogP contribution in [0.5, 0.6) is 0 Å². The zero-order chi connectivity index (χ0) is 30.4. The fraction of sp³-hybridized carbons (Fsp3) is 0.393. The van der Waals surface area contributed by atoms with E-state index in [1.807, 2.05) is 0 Å². The summed E-state index contributed by atoms with van der Waals surface area (Å²) in [5, 5.41) is 2.79. The molecule has 0 bridgehead atoms. The predicted molar refractivity (Wildman–Crippen MR) is 159 cm³/mol. The minimum atomic E-state index is -3.86. The largest absolute Gasteiger partial charge is 0.436 e. The Kier molecular flexibility index (Phi) is 10.3. The van der Waals surface area contributed by atoms with Crippen molar-refractivity contribution in [3.63, 3.8) is 0 Å². The van der Waals surface area contributed by atoms with E-state index in [0.29, 0.717) is 21.4 Å². The molecule has 2 unspecified atom stereocenters. The highest BCUT2D eigenvalue weighted by Gasteiger charge is 2.49. The first-order valence-electron chi connectivity index (χ1n) is 13.6. The third-order valence-corrected chi connectivity index (χ3v) is 9.35. The molecular weight excluding hydrogens is 604 g/mol. The molecule has 0 radical (unpaired) electrons. The maximum Gasteiger partial charge on any atom is 0.418 e. The average molecular weight is 635 g/mol. The van der Waals surface area contributed by atoms with E-state index in [-0.39, 0.29) is 27.8 Å². The number of nitrogens with zero attached hydrogens (tertiary/aromatic N) is 2. The number of aromatic nitrogens is 1. The van der Waals surface area contributed by atoms with E-state index in [4.69, 9.17) is 16.3 Å². The highest BCUT2D eigenvalue weighted by Crippen LogP contribution is 2.29. The number of ether oxygens (including phenoxy) is 1. The number of rotatable bonds is 14. The second-order valence-corrected chi connectivity index (χ2v) is 12.8. The van der Waals surface area contributed by atoms with Gasteiger partial charge in [-0.1, -0.05) is 68.8 Å². The van der Waals surface area contributed by atoms with Crippen LogP contribution in [0.15, 0.2) is 47.4 Å². The molecule has 2 aromatic carbocycles. The fourth-order valence-corrected chi connectivity index (χ4v) is 6.66. The molecule has 1 fully saturated rings. The molecule has 0 spiro atoms. The Hall–Kier alpha value is -3.39. The topological polar surface area (TPSA) is 152 Å². The standard InChI is InChI=1S/C28H31ClN4O7S2/c1-3-4-5-6-7-10-15-30-42(38,39)18-13-14-21(20(29)16-18)31-26(35)24(33-27(36)17(2)40-28(33)37)25(34)23-19-11-8-9-12-22(19)41-32-23/h8-9,11-14,16-17,24,30H,3-7,10,15H2,1-2H3,(H,31,35). The number of carbonyl (C=O) groups excluding carboxylic acids is 4. The number of anilines is 1. The molecule has 2 N–H and O–H groups in total. The number of nitrogens with one attached hydrogen (secondary N) is 2. The number of cyclic esters (lactones) is 1. The van der Waals surface area contributed by atoms with E-state index < -0.39 is 45.9 Å². The van der Waals surface area contributed by atoms with Crippen LogP contribution in [0.25, 0.3) is 10.1 Å². The molecule has 1 aromatic heterocycles. The molecule has 2 atom stereocenters. The Balaban J connectivity index is 1.53. The lowest BCUT2D eigenvalue weighted by atomic mass is 10.0. The van der Waals surface area contributed by atoms with Crippen molar-refractivity contribution >= 4 is 72.6 Å². The van der Waals surface area contributed by atoms with Gasteiger partial charge >= 0.3 is 6.09 Å². The number of benzene rings is 2. The molecule has 14 heteroatoms. The minimum absolute atomic E-state index is 0.0226. The maximum atomic E-state index is 13.7. The summed E-state index contributed by atoms with van der Waals surface area (Å²) in [4.78, 5) is 52.9. The molecule has 0 aliphatic carbocycles. The summed E-state index contributed by atoms with van der Waals surface area (Å²) >= 11 is 7.37. The lowest BCUT2D eigenvalue weighted by molar-refractivity contribution is -0.133. The second kappa shape index (κ2) is 13.7. The summed E-state index contributed by atoms with van der Waals surface area (Å²) < 4.78 is 37.9. The Morgan fingerprint density at radius 1 is 1.10 bits per heavy atom. The summed E-state index contributed by atoms with van der Waals surface area (Å²) in [6, 6.07) is 8.59. The van der Waals surface area contributed by atoms with Crippen molar-refractivity contribution in [1.29, 1.82) is 0 Å². The number of fused-ring (bicyclic) bond motifs is 1. The van der Waals surface area contributed by atoms with Crippen molar-refractivity contribution in [1.82, 2.24) is 14.0 Å². The van der Waals surface area contributed by atoms with Gasteiger partial charge in [0.15, 0.2) is 12.1 Å². The van der Waals surface area contributed by atoms with Gasteiger partial charge in [0.2, 0.25) is 15.8 Å². The molecule has 11 nitrogen and oxygen atoms in total. The molecule has 224 valence electrons. The summed E-state index contributed by atoms with van der Waals surface area (Å²) in [6.45, 7) is 3.73. The molecule has 0 saturated carbocycles. The Morgan fingerprint density at radius 3 is 2.50 bits per heavy atom. The lowest BCUT2D eigenvalue weighted by Crippen LogP contribution is -2.52. The van der Waals surface area contributed by atoms with Crippen molar-refractivity contribution in [3.8, 4) is 0 Å². The average Bonchev–Trinajstić information content (AvgIpc) is 3.49. The molecule has 4 rings (SSSR count). The normalized spacial score (nSPS) is 16.1. The second-order valence-electron chi connectivity index (χ2n) is 9.82. The highest BCUT2D eigenvalue weighted by atomic mass is 35.5. The number of ketones is 1. The van der Waals surface area contributed by atoms with E-state index >= 15 is 0 Å². The quantitative estimate of drug-likeness (QED) is 0.140. The fourth-order valence-electron chi connectivity index (χ4n) is 4.48. The maximum absolute atomic E-state index is 13.7. The smallest absolute Gasteiger partial charge is 0.418 e. The molecule has 1 aliphatic heterocycles. The van der Waals surface area contributed by atoms with Gasteiger partial charge in [-0.3, -0.25) is 14.4 Å². The number of halogens is 1. The van der Waals surface area contributed by atoms with Crippen molar-refractivity contribution in [2.24, 2.45) is 0 Å². The van der Waals surface area contributed by atoms with Crippen LogP contribution in [-0.2, 0) is 24.3 Å². The van der Waals surface area contributed by atoms with E-state index in [2.05, 4.69) is 21.3 Å². The molecule has 1 saturated heterocycles. The third kappa shape index (κ3) is 6.97. The number of carbonyl (C=O) groups is 4. The van der Waals surface area contributed by atoms with Crippen LogP contribution in [0.3, 0.4) is 0 Å². The molecule has 2 heterocycles. The summed E-state index contributed by atoms with van der Waals surface area (Å²) in [5.41, 5.74) is -0.106. The Morgan fingerprint density at radius 2 is 1.81 bits per heavy atom. The Bertz CT molecular complexity index is 1610. The van der Waals surface area contributed by atoms with Gasteiger partial charge in [-0.15, -0.1) is 0 Å². The van der Waals surface area contributed by atoms with Gasteiger partial charge in [0.05, 0.1) is 20.3 Å². The number of hydrogen-bond acceptors (Lipinski definition) is 9. The summed E-state index contributed by atoms with van der Waals surface area (Å²) in [7, 11) is -3.86. The van der Waals surface area contributed by atoms with Crippen LogP contribution in [0.2, 0.25) is 5.02 Å². The zero-order valence-corrected chi connectivity index (χ0v) is 25.5. The number of Topliss-reactive ketones (excluding diaryl/α,β-unsaturated/α-hetero) is 1. The predicted octanol–water partition coefficient (Wildman–Crippen LogP) is 5.15. The first-order valence-corrected chi connectivity index (χ1v) is 16.2. The number of hydrogen-bond donors (Lipinski definition) is 2. The number of amides is 3. The van der Waals surface area contributed by atoms with Crippen LogP contribution in [-0.4, -0.2) is 60.1 Å². The van der Waals surface area contributed by atoms with Crippen LogP contribution in [0.4, 0.5) is 10.5 Å². The van der Waals surface area contributed by atoms with E-state index in [9.17, 15) is 27.6 Å². The van der Waals surface area contributed by atoms with Crippen molar-refractivity contribution in [2.45, 2.75) is 69.4 Å². The van der Waals surface area contributed by atoms with Gasteiger partial charge in [0.25, 0.3) is 11.8 Å². The van der Waals surface area contributed by atoms with Crippen molar-refractivity contribution < 1.29 is 32.3 Å². The van der Waals surface area contributed by atoms with Gasteiger partial charge < -0.3 is 10.1 Å². The molecule has 42 heavy (non-hydrogen) atoms. The number of imide groups is 1. The van der Waals surface area contributed by atoms with Crippen LogP contribution < -0.4 is 10.0 Å². The number of unbranched alkanes of at least 4 members (excludes halogenated alkanes) is 5. The van der Waals surface area contributed by atoms with Gasteiger partial charge in [-0.2, -0.15) is 4.37 Å². The molecular formula is C28H31ClN4O7S2. The summed E-state index contributed by atoms with van der Waals surface area (Å²) in [6.07, 6.45) is 3.71. The Labute approximate surface area is 252 Å². The van der Waals surface area contributed by atoms with Gasteiger partial charge in [-0.05, 0) is 49.1 Å². The third-order valence-electron chi connectivity index (χ3n) is 6.76. The molecule has 3 amide bonds. The molecule has 3 aromatic rings. The lowest BCUT2D eigenvalue weighted by Gasteiger charge is -2.22. The summed E-state index contributed by atoms with van der Waals surface area (Å²) in [5.74, 6) is -2.80. The van der Waals surface area contributed by atoms with E-state index in [1.54, 1.807) is 24.3 Å². The van der Waals surface area contributed by atoms with Crippen molar-refractivity contribution in [2.75, 3.05) is 11.9 Å². The van der Waals surface area contributed by atoms with Crippen LogP contribution in [0, 0.1) is 0 Å². The van der Waals surface area contributed by atoms with Gasteiger partial charge in [0.1, 0.15) is 5.69 Å². The van der Waals surface area contributed by atoms with Crippen LogP contribution in [0.1, 0.15) is 62.9 Å². The highest BCUT2D eigenvalue weighted by molar-refractivity contribution is 7.89. The van der Waals surface area contributed by atoms with Gasteiger partial charge in [0, 0.05) is 11.9 Å². The zero-order valence-electron chi connectivity index (χ0n) is 23.1. The van der Waals surface area contributed by atoms with Crippen LogP contribution >= 0.6 is 23.1 Å². The molecule has 1 aliphatic rings. The van der Waals surface area contributed by atoms with E-state index in [1.165, 1.54) is 25.1 Å². The number of sulfonamides is 1. The van der Waals surface area contributed by atoms with Crippen molar-refractivity contribution in [3.05, 3.63) is 53.2 Å². The first-order chi connectivity index (χ1) is 20.0. The monoisotopic (exact) mass is 634 g/mol. The minimum Gasteiger partial charge on any atom is -0.436 e. The van der Waals surface area contributed by atoms with E-state index in [0.717, 1.165) is 43.6 Å².